The second kappa shape index (κ2) is 7.36. The van der Waals surface area contributed by atoms with Crippen molar-refractivity contribution in [2.24, 2.45) is 11.3 Å². The van der Waals surface area contributed by atoms with Gasteiger partial charge < -0.3 is 4.74 Å². The van der Waals surface area contributed by atoms with E-state index in [2.05, 4.69) is 4.74 Å². The number of esters is 1. The summed E-state index contributed by atoms with van der Waals surface area (Å²) in [6.45, 7) is 2.90. The molecule has 29 heavy (non-hydrogen) atoms. The first-order valence-electron chi connectivity index (χ1n) is 7.36. The van der Waals surface area contributed by atoms with Gasteiger partial charge in [-0.2, -0.15) is 57.1 Å². The van der Waals surface area contributed by atoms with E-state index in [-0.39, 0.29) is 0 Å². The van der Waals surface area contributed by atoms with E-state index in [0.29, 0.717) is 7.11 Å². The standard InChI is InChI=1S/C14H15F13O2/c1-8(2,3)6(7(28)29-4)5-9(15,16)10(17,18)11(19,20)12(21,22)13(23,24)14(25,26)27/h6H,5H2,1-4H3. The monoisotopic (exact) mass is 462 g/mol. The van der Waals surface area contributed by atoms with Crippen molar-refractivity contribution in [2.75, 3.05) is 7.11 Å². The van der Waals surface area contributed by atoms with Crippen molar-refractivity contribution in [1.29, 1.82) is 0 Å². The summed E-state index contributed by atoms with van der Waals surface area (Å²) in [7, 11) is 0.587. The normalized spacial score (nSPS) is 16.6. The lowest BCUT2D eigenvalue weighted by molar-refractivity contribution is -0.440. The van der Waals surface area contributed by atoms with E-state index in [1.54, 1.807) is 0 Å². The summed E-state index contributed by atoms with van der Waals surface area (Å²) in [5.41, 5.74) is -1.71. The maximum Gasteiger partial charge on any atom is 0.460 e. The number of alkyl halides is 13. The molecule has 15 heteroatoms. The Morgan fingerprint density at radius 1 is 0.690 bits per heavy atom. The number of ether oxygens (including phenoxy) is 1. The molecule has 2 nitrogen and oxygen atoms in total. The number of rotatable bonds is 7. The molecule has 0 saturated carbocycles. The van der Waals surface area contributed by atoms with Crippen LogP contribution in [0.15, 0.2) is 0 Å². The third-order valence-electron chi connectivity index (χ3n) is 3.99. The van der Waals surface area contributed by atoms with Crippen LogP contribution in [0.5, 0.6) is 0 Å². The predicted octanol–water partition coefficient (Wildman–Crippen LogP) is 5.95. The van der Waals surface area contributed by atoms with E-state index in [0.717, 1.165) is 20.8 Å². The van der Waals surface area contributed by atoms with Crippen molar-refractivity contribution in [1.82, 2.24) is 0 Å². The van der Waals surface area contributed by atoms with Crippen LogP contribution in [-0.2, 0) is 9.53 Å². The smallest absolute Gasteiger partial charge is 0.460 e. The SMILES string of the molecule is COC(=O)C(CC(F)(F)C(F)(F)C(F)(F)C(F)(F)C(F)(F)C(F)(F)F)C(C)(C)C. The van der Waals surface area contributed by atoms with Crippen LogP contribution in [0.3, 0.4) is 0 Å². The number of hydrogen-bond donors (Lipinski definition) is 0. The molecule has 0 saturated heterocycles. The van der Waals surface area contributed by atoms with Gasteiger partial charge in [0.05, 0.1) is 13.0 Å². The molecule has 0 aromatic carbocycles. The van der Waals surface area contributed by atoms with Gasteiger partial charge >= 0.3 is 41.8 Å². The molecule has 1 atom stereocenters. The van der Waals surface area contributed by atoms with Crippen LogP contribution in [-0.4, -0.2) is 48.9 Å². The third-order valence-corrected chi connectivity index (χ3v) is 3.99. The van der Waals surface area contributed by atoms with Crippen LogP contribution in [0.25, 0.3) is 0 Å². The van der Waals surface area contributed by atoms with Gasteiger partial charge in [0.15, 0.2) is 0 Å². The first-order valence-corrected chi connectivity index (χ1v) is 7.36. The van der Waals surface area contributed by atoms with Crippen LogP contribution < -0.4 is 0 Å². The fraction of sp³-hybridized carbons (Fsp3) is 0.929. The molecule has 0 spiro atoms. The zero-order chi connectivity index (χ0) is 24.1. The molecule has 0 heterocycles. The molecule has 0 aromatic heterocycles. The van der Waals surface area contributed by atoms with E-state index in [1.165, 1.54) is 0 Å². The minimum absolute atomic E-state index is 0.587. The minimum Gasteiger partial charge on any atom is -0.469 e. The van der Waals surface area contributed by atoms with E-state index in [4.69, 9.17) is 0 Å². The van der Waals surface area contributed by atoms with Crippen LogP contribution in [0.1, 0.15) is 27.2 Å². The van der Waals surface area contributed by atoms with Gasteiger partial charge in [0.2, 0.25) is 0 Å². The van der Waals surface area contributed by atoms with Gasteiger partial charge in [-0.3, -0.25) is 4.79 Å². The van der Waals surface area contributed by atoms with Crippen molar-refractivity contribution in [3.63, 3.8) is 0 Å². The number of hydrogen-bond acceptors (Lipinski definition) is 2. The largest absolute Gasteiger partial charge is 0.469 e. The van der Waals surface area contributed by atoms with Gasteiger partial charge in [-0.1, -0.05) is 20.8 Å². The third kappa shape index (κ3) is 4.37. The zero-order valence-corrected chi connectivity index (χ0v) is 15.0. The summed E-state index contributed by atoms with van der Waals surface area (Å²) in [4.78, 5) is 11.5. The lowest BCUT2D eigenvalue weighted by Crippen LogP contribution is -2.70. The average Bonchev–Trinajstić information content (AvgIpc) is 2.48. The van der Waals surface area contributed by atoms with E-state index in [9.17, 15) is 61.9 Å². The second-order valence-electron chi connectivity index (χ2n) is 7.15. The Labute approximate surface area is 155 Å². The van der Waals surface area contributed by atoms with Crippen molar-refractivity contribution in [2.45, 2.75) is 63.0 Å². The van der Waals surface area contributed by atoms with Crippen molar-refractivity contribution in [3.8, 4) is 0 Å². The highest BCUT2D eigenvalue weighted by Gasteiger charge is 2.90. The van der Waals surface area contributed by atoms with Gasteiger partial charge in [0.1, 0.15) is 0 Å². The molecule has 0 fully saturated rings. The summed E-state index contributed by atoms with van der Waals surface area (Å²) in [5, 5.41) is 0. The summed E-state index contributed by atoms with van der Waals surface area (Å²) < 4.78 is 174. The van der Waals surface area contributed by atoms with Crippen molar-refractivity contribution < 1.29 is 66.6 Å². The number of carbonyl (C=O) groups excluding carboxylic acids is 1. The molecule has 1 unspecified atom stereocenters. The predicted molar refractivity (Wildman–Crippen MR) is 70.4 cm³/mol. The molecule has 0 aliphatic heterocycles. The fourth-order valence-electron chi connectivity index (χ4n) is 2.07. The van der Waals surface area contributed by atoms with Gasteiger partial charge in [0.25, 0.3) is 0 Å². The maximum absolute atomic E-state index is 13.9. The lowest BCUT2D eigenvalue weighted by Gasteiger charge is -2.41. The topological polar surface area (TPSA) is 26.3 Å². The average molecular weight is 462 g/mol. The molecule has 0 amide bonds. The Bertz CT molecular complexity index is 602. The quantitative estimate of drug-likeness (QED) is 0.345. The van der Waals surface area contributed by atoms with E-state index >= 15 is 0 Å². The molecule has 0 aromatic rings. The van der Waals surface area contributed by atoms with Crippen LogP contribution in [0.4, 0.5) is 57.1 Å². The van der Waals surface area contributed by atoms with Crippen molar-refractivity contribution in [3.05, 3.63) is 0 Å². The van der Waals surface area contributed by atoms with Gasteiger partial charge in [-0.15, -0.1) is 0 Å². The number of carbonyl (C=O) groups is 1. The Morgan fingerprint density at radius 3 is 1.31 bits per heavy atom. The molecule has 174 valence electrons. The van der Waals surface area contributed by atoms with Gasteiger partial charge in [-0.25, -0.2) is 0 Å². The summed E-state index contributed by atoms with van der Waals surface area (Å²) in [6.07, 6.45) is -10.1. The Balaban J connectivity index is 6.39. The Hall–Kier alpha value is -1.44. The van der Waals surface area contributed by atoms with Crippen LogP contribution >= 0.6 is 0 Å². The zero-order valence-electron chi connectivity index (χ0n) is 15.0. The molecular weight excluding hydrogens is 447 g/mol. The highest BCUT2D eigenvalue weighted by atomic mass is 19.4. The minimum atomic E-state index is -7.96. The summed E-state index contributed by atoms with van der Waals surface area (Å²) in [5.74, 6) is -41.4. The van der Waals surface area contributed by atoms with Gasteiger partial charge in [-0.05, 0) is 5.41 Å². The highest BCUT2D eigenvalue weighted by Crippen LogP contribution is 2.61. The molecule has 0 aliphatic carbocycles. The lowest BCUT2D eigenvalue weighted by atomic mass is 9.75. The first-order chi connectivity index (χ1) is 12.3. The molecule has 0 bridgehead atoms. The number of methoxy groups -OCH3 is 1. The van der Waals surface area contributed by atoms with Crippen LogP contribution in [0, 0.1) is 11.3 Å². The van der Waals surface area contributed by atoms with Crippen LogP contribution in [0.2, 0.25) is 0 Å². The number of halogens is 13. The first kappa shape index (κ1) is 27.6. The fourth-order valence-corrected chi connectivity index (χ4v) is 2.07. The second-order valence-corrected chi connectivity index (χ2v) is 7.15. The summed E-state index contributed by atoms with van der Waals surface area (Å²) in [6, 6.07) is 0. The molecule has 0 radical (unpaired) electrons. The summed E-state index contributed by atoms with van der Waals surface area (Å²) >= 11 is 0. The maximum atomic E-state index is 13.9. The van der Waals surface area contributed by atoms with E-state index < -0.39 is 59.5 Å². The van der Waals surface area contributed by atoms with E-state index in [1.807, 2.05) is 0 Å². The molecular formula is C14H15F13O2. The molecule has 0 rings (SSSR count). The molecule has 0 N–H and O–H groups in total. The Morgan fingerprint density at radius 2 is 1.03 bits per heavy atom. The Kier molecular flexibility index (Phi) is 6.99. The van der Waals surface area contributed by atoms with Crippen molar-refractivity contribution >= 4 is 5.97 Å². The molecule has 0 aliphatic rings. The van der Waals surface area contributed by atoms with Gasteiger partial charge in [0, 0.05) is 6.42 Å². The highest BCUT2D eigenvalue weighted by molar-refractivity contribution is 5.73.